The highest BCUT2D eigenvalue weighted by molar-refractivity contribution is 5.09. The van der Waals surface area contributed by atoms with Crippen LogP contribution in [0, 0.1) is 5.92 Å². The first-order chi connectivity index (χ1) is 8.81. The van der Waals surface area contributed by atoms with Crippen molar-refractivity contribution in [2.24, 2.45) is 5.92 Å². The Kier molecular flexibility index (Phi) is 2.45. The first-order valence-corrected chi connectivity index (χ1v) is 7.01. The van der Waals surface area contributed by atoms with Gasteiger partial charge in [-0.1, -0.05) is 12.1 Å². The molecule has 0 aromatic carbocycles. The number of hydrogen-bond acceptors (Lipinski definition) is 5. The number of ether oxygens (including phenoxy) is 1. The van der Waals surface area contributed by atoms with Crippen molar-refractivity contribution in [1.29, 1.82) is 0 Å². The summed E-state index contributed by atoms with van der Waals surface area (Å²) in [7, 11) is 0. The van der Waals surface area contributed by atoms with Crippen LogP contribution in [-0.2, 0) is 4.74 Å². The molecular weight excluding hydrogens is 230 g/mol. The molecular formula is C13H19N3O2. The van der Waals surface area contributed by atoms with Crippen molar-refractivity contribution >= 4 is 0 Å². The second kappa shape index (κ2) is 4.03. The van der Waals surface area contributed by atoms with Gasteiger partial charge in [-0.15, -0.1) is 0 Å². The molecule has 0 saturated carbocycles. The summed E-state index contributed by atoms with van der Waals surface area (Å²) in [4.78, 5) is 4.65. The van der Waals surface area contributed by atoms with Gasteiger partial charge in [0, 0.05) is 6.54 Å². The average molecular weight is 249 g/mol. The van der Waals surface area contributed by atoms with E-state index >= 15 is 0 Å². The Bertz CT molecular complexity index is 447. The summed E-state index contributed by atoms with van der Waals surface area (Å²) in [5.41, 5.74) is 0. The van der Waals surface area contributed by atoms with Gasteiger partial charge in [0.05, 0.1) is 24.0 Å². The summed E-state index contributed by atoms with van der Waals surface area (Å²) in [6.07, 6.45) is 4.20. The predicted molar refractivity (Wildman–Crippen MR) is 64.3 cm³/mol. The van der Waals surface area contributed by atoms with Crippen LogP contribution in [0.15, 0.2) is 4.52 Å². The molecule has 5 nitrogen and oxygen atoms in total. The second-order valence-corrected chi connectivity index (χ2v) is 5.95. The minimum atomic E-state index is 0.333. The molecule has 4 rings (SSSR count). The van der Waals surface area contributed by atoms with Gasteiger partial charge < -0.3 is 14.6 Å². The molecule has 3 fully saturated rings. The molecule has 1 aromatic heterocycles. The third-order valence-corrected chi connectivity index (χ3v) is 4.73. The molecule has 2 bridgehead atoms. The quantitative estimate of drug-likeness (QED) is 0.859. The lowest BCUT2D eigenvalue weighted by atomic mass is 9.89. The van der Waals surface area contributed by atoms with Crippen LogP contribution < -0.4 is 5.32 Å². The second-order valence-electron chi connectivity index (χ2n) is 5.95. The van der Waals surface area contributed by atoms with E-state index in [0.717, 1.165) is 37.6 Å². The van der Waals surface area contributed by atoms with Crippen molar-refractivity contribution < 1.29 is 9.26 Å². The Morgan fingerprint density at radius 3 is 2.83 bits per heavy atom. The normalized spacial score (nSPS) is 42.8. The molecule has 3 aliphatic heterocycles. The van der Waals surface area contributed by atoms with Gasteiger partial charge in [0.1, 0.15) is 0 Å². The molecule has 0 radical (unpaired) electrons. The van der Waals surface area contributed by atoms with Gasteiger partial charge in [-0.3, -0.25) is 0 Å². The molecule has 18 heavy (non-hydrogen) atoms. The summed E-state index contributed by atoms with van der Waals surface area (Å²) < 4.78 is 11.3. The van der Waals surface area contributed by atoms with E-state index in [1.807, 2.05) is 0 Å². The summed E-state index contributed by atoms with van der Waals surface area (Å²) in [5, 5.41) is 7.58. The standard InChI is InChI=1S/C13H19N3O2/c1-7-5-14-6-10(7)13-15-12(16-18-13)9-4-8-2-3-11(9)17-8/h7-11,14H,2-6H2,1H3/t7-,8?,9?,10-,11?/m1/s1. The number of nitrogens with one attached hydrogen (secondary N) is 1. The molecule has 3 unspecified atom stereocenters. The molecule has 1 N–H and O–H groups in total. The Labute approximate surface area is 106 Å². The van der Waals surface area contributed by atoms with Crippen LogP contribution in [0.5, 0.6) is 0 Å². The maximum Gasteiger partial charge on any atom is 0.231 e. The van der Waals surface area contributed by atoms with Crippen molar-refractivity contribution in [2.75, 3.05) is 13.1 Å². The molecule has 0 amide bonds. The van der Waals surface area contributed by atoms with Crippen LogP contribution in [0.2, 0.25) is 0 Å². The fourth-order valence-corrected chi connectivity index (χ4v) is 3.60. The van der Waals surface area contributed by atoms with Crippen molar-refractivity contribution in [1.82, 2.24) is 15.5 Å². The first kappa shape index (κ1) is 10.9. The number of fused-ring (bicyclic) bond motifs is 2. The zero-order valence-electron chi connectivity index (χ0n) is 10.6. The fourth-order valence-electron chi connectivity index (χ4n) is 3.60. The lowest BCUT2D eigenvalue weighted by Crippen LogP contribution is -2.16. The SMILES string of the molecule is C[C@@H]1CNC[C@H]1c1nc(C2CC3CCC2O3)no1. The molecule has 98 valence electrons. The van der Waals surface area contributed by atoms with E-state index in [1.54, 1.807) is 0 Å². The summed E-state index contributed by atoms with van der Waals surface area (Å²) in [6.45, 7) is 4.23. The van der Waals surface area contributed by atoms with Gasteiger partial charge >= 0.3 is 0 Å². The largest absolute Gasteiger partial charge is 0.374 e. The molecule has 0 aliphatic carbocycles. The zero-order chi connectivity index (χ0) is 12.1. The van der Waals surface area contributed by atoms with Gasteiger partial charge in [0.15, 0.2) is 5.82 Å². The summed E-state index contributed by atoms with van der Waals surface area (Å²) >= 11 is 0. The van der Waals surface area contributed by atoms with E-state index in [1.165, 1.54) is 6.42 Å². The molecule has 4 heterocycles. The number of hydrogen-bond donors (Lipinski definition) is 1. The minimum absolute atomic E-state index is 0.333. The van der Waals surface area contributed by atoms with E-state index in [2.05, 4.69) is 22.4 Å². The van der Waals surface area contributed by atoms with Crippen molar-refractivity contribution in [3.8, 4) is 0 Å². The van der Waals surface area contributed by atoms with E-state index in [4.69, 9.17) is 9.26 Å². The van der Waals surface area contributed by atoms with Crippen LogP contribution in [0.1, 0.15) is 49.7 Å². The highest BCUT2D eigenvalue weighted by Gasteiger charge is 2.44. The number of aromatic nitrogens is 2. The van der Waals surface area contributed by atoms with Gasteiger partial charge in [-0.05, 0) is 31.7 Å². The van der Waals surface area contributed by atoms with E-state index in [-0.39, 0.29) is 0 Å². The predicted octanol–water partition coefficient (Wildman–Crippen LogP) is 1.43. The molecule has 0 spiro atoms. The van der Waals surface area contributed by atoms with Crippen LogP contribution in [0.3, 0.4) is 0 Å². The van der Waals surface area contributed by atoms with Gasteiger partial charge in [0.25, 0.3) is 0 Å². The van der Waals surface area contributed by atoms with Crippen molar-refractivity contribution in [3.63, 3.8) is 0 Å². The van der Waals surface area contributed by atoms with E-state index in [0.29, 0.717) is 30.0 Å². The Morgan fingerprint density at radius 2 is 2.17 bits per heavy atom. The summed E-state index contributed by atoms with van der Waals surface area (Å²) in [6, 6.07) is 0. The highest BCUT2D eigenvalue weighted by atomic mass is 16.5. The molecule has 3 aliphatic rings. The average Bonchev–Trinajstić information content (AvgIpc) is 3.12. The third kappa shape index (κ3) is 1.61. The van der Waals surface area contributed by atoms with Crippen LogP contribution in [0.4, 0.5) is 0 Å². The first-order valence-electron chi connectivity index (χ1n) is 7.01. The Balaban J connectivity index is 1.55. The van der Waals surface area contributed by atoms with Gasteiger partial charge in [0.2, 0.25) is 5.89 Å². The highest BCUT2D eigenvalue weighted by Crippen LogP contribution is 2.43. The maximum atomic E-state index is 5.86. The zero-order valence-corrected chi connectivity index (χ0v) is 10.6. The van der Waals surface area contributed by atoms with E-state index < -0.39 is 0 Å². The third-order valence-electron chi connectivity index (χ3n) is 4.73. The van der Waals surface area contributed by atoms with Crippen molar-refractivity contribution in [3.05, 3.63) is 11.7 Å². The smallest absolute Gasteiger partial charge is 0.231 e. The number of rotatable bonds is 2. The molecule has 5 heteroatoms. The fraction of sp³-hybridized carbons (Fsp3) is 0.846. The molecule has 1 aromatic rings. The minimum Gasteiger partial charge on any atom is -0.374 e. The van der Waals surface area contributed by atoms with Crippen LogP contribution in [0.25, 0.3) is 0 Å². The van der Waals surface area contributed by atoms with Gasteiger partial charge in [-0.2, -0.15) is 4.98 Å². The van der Waals surface area contributed by atoms with Gasteiger partial charge in [-0.25, -0.2) is 0 Å². The number of nitrogens with zero attached hydrogens (tertiary/aromatic N) is 2. The van der Waals surface area contributed by atoms with E-state index in [9.17, 15) is 0 Å². The topological polar surface area (TPSA) is 60.2 Å². The van der Waals surface area contributed by atoms with Crippen LogP contribution in [-0.4, -0.2) is 35.4 Å². The summed E-state index contributed by atoms with van der Waals surface area (Å²) in [5.74, 6) is 3.01. The van der Waals surface area contributed by atoms with Crippen molar-refractivity contribution in [2.45, 2.75) is 50.2 Å². The molecule has 5 atom stereocenters. The lowest BCUT2D eigenvalue weighted by Gasteiger charge is -2.14. The Morgan fingerprint density at radius 1 is 1.22 bits per heavy atom. The van der Waals surface area contributed by atoms with Crippen LogP contribution >= 0.6 is 0 Å². The lowest BCUT2D eigenvalue weighted by molar-refractivity contribution is 0.0996. The molecule has 3 saturated heterocycles. The Hall–Kier alpha value is -0.940. The monoisotopic (exact) mass is 249 g/mol. The maximum absolute atomic E-state index is 5.86.